The fourth-order valence-electron chi connectivity index (χ4n) is 3.73. The second-order valence-electron chi connectivity index (χ2n) is 8.40. The number of halogens is 1. The molecule has 6 N–H and O–H groups in total. The summed E-state index contributed by atoms with van der Waals surface area (Å²) in [5, 5.41) is 11.6. The molecular formula is C26H30BrN2O5P. The van der Waals surface area contributed by atoms with Gasteiger partial charge in [-0.15, -0.1) is 0 Å². The number of carbonyl (C=O) groups excluding carboxylic acids is 1. The average molecular weight is 561 g/mol. The number of aliphatic carboxylic acids is 1. The monoisotopic (exact) mass is 560 g/mol. The smallest absolute Gasteiger partial charge is 0.325 e. The minimum atomic E-state index is -3.90. The van der Waals surface area contributed by atoms with Crippen LogP contribution < -0.4 is 28.0 Å². The van der Waals surface area contributed by atoms with Crippen molar-refractivity contribution in [1.82, 2.24) is 5.32 Å². The van der Waals surface area contributed by atoms with Crippen molar-refractivity contribution in [2.45, 2.75) is 25.2 Å². The molecule has 0 aliphatic rings. The maximum Gasteiger partial charge on any atom is 0.325 e. The number of hydrogen-bond donors (Lipinski definition) is 4. The largest absolute Gasteiger partial charge is 1.00 e. The highest BCUT2D eigenvalue weighted by Gasteiger charge is 2.38. The quantitative estimate of drug-likeness (QED) is 0.265. The lowest BCUT2D eigenvalue weighted by molar-refractivity contribution is -0.397. The summed E-state index contributed by atoms with van der Waals surface area (Å²) in [6.45, 7) is 1.36. The summed E-state index contributed by atoms with van der Waals surface area (Å²) in [5.74, 6) is -3.54. The van der Waals surface area contributed by atoms with Crippen LogP contribution in [0.1, 0.15) is 23.8 Å². The van der Waals surface area contributed by atoms with Gasteiger partial charge in [0.15, 0.2) is 5.78 Å². The Morgan fingerprint density at radius 1 is 0.914 bits per heavy atom. The van der Waals surface area contributed by atoms with E-state index in [1.807, 2.05) is 54.6 Å². The van der Waals surface area contributed by atoms with Crippen molar-refractivity contribution in [3.05, 3.63) is 96.1 Å². The van der Waals surface area contributed by atoms with E-state index >= 15 is 0 Å². The van der Waals surface area contributed by atoms with Crippen molar-refractivity contribution >= 4 is 19.2 Å². The number of carboxylic acid groups (broad SMARTS) is 1. The van der Waals surface area contributed by atoms with E-state index in [2.05, 4.69) is 11.1 Å². The molecule has 3 aromatic carbocycles. The topological polar surface area (TPSA) is 131 Å². The maximum absolute atomic E-state index is 13.3. The molecule has 35 heavy (non-hydrogen) atoms. The Hall–Kier alpha value is -2.77. The van der Waals surface area contributed by atoms with E-state index in [-0.39, 0.29) is 29.6 Å². The Morgan fingerprint density at radius 3 is 1.97 bits per heavy atom. The van der Waals surface area contributed by atoms with Crippen LogP contribution in [0.4, 0.5) is 0 Å². The minimum Gasteiger partial charge on any atom is -1.00 e. The second-order valence-corrected chi connectivity index (χ2v) is 10.9. The van der Waals surface area contributed by atoms with Crippen LogP contribution in [0.25, 0.3) is 11.1 Å². The van der Waals surface area contributed by atoms with Crippen LogP contribution in [0.15, 0.2) is 84.9 Å². The molecule has 3 rings (SSSR count). The predicted octanol–water partition coefficient (Wildman–Crippen LogP) is 0.317. The standard InChI is InChI=1S/C26H29N2O5P.BrH/c1-18(26(30)31)28-25(29)23(17-34(32,33)24(27)22-10-6-3-7-11-22)16-19-12-14-21(15-13-19)20-8-4-2-5-9-20;/h2-15,18,23-24H,16-17,27H2,1H3,(H,28,29)(H,30,31)(H,32,33);1H/t18-,23+,24+;/m0./s1. The molecule has 9 heteroatoms. The van der Waals surface area contributed by atoms with Gasteiger partial charge in [-0.05, 0) is 30.0 Å². The fraction of sp³-hybridized carbons (Fsp3) is 0.231. The molecule has 1 amide bonds. The number of quaternary nitrogens is 1. The predicted molar refractivity (Wildman–Crippen MR) is 131 cm³/mol. The zero-order chi connectivity index (χ0) is 24.7. The normalized spacial score (nSPS) is 15.1. The molecule has 3 aromatic rings. The molecule has 1 unspecified atom stereocenters. The molecule has 0 radical (unpaired) electrons. The second kappa shape index (κ2) is 12.8. The van der Waals surface area contributed by atoms with E-state index in [4.69, 9.17) is 0 Å². The summed E-state index contributed by atoms with van der Waals surface area (Å²) in [5.41, 5.74) is 7.38. The van der Waals surface area contributed by atoms with Crippen molar-refractivity contribution in [2.24, 2.45) is 5.92 Å². The number of rotatable bonds is 10. The zero-order valence-corrected chi connectivity index (χ0v) is 21.9. The third-order valence-electron chi connectivity index (χ3n) is 5.80. The van der Waals surface area contributed by atoms with Gasteiger partial charge in [-0.2, -0.15) is 0 Å². The molecule has 0 aromatic heterocycles. The molecule has 0 heterocycles. The number of carboxylic acids is 1. The van der Waals surface area contributed by atoms with E-state index in [0.29, 0.717) is 5.56 Å². The molecular weight excluding hydrogens is 531 g/mol. The maximum atomic E-state index is 13.3. The number of benzene rings is 3. The Labute approximate surface area is 215 Å². The molecule has 0 aliphatic heterocycles. The molecule has 0 saturated heterocycles. The molecule has 0 aliphatic carbocycles. The molecule has 4 atom stereocenters. The summed E-state index contributed by atoms with van der Waals surface area (Å²) < 4.78 is 13.3. The van der Waals surface area contributed by atoms with Crippen LogP contribution >= 0.6 is 7.37 Å². The van der Waals surface area contributed by atoms with Crippen LogP contribution in [0, 0.1) is 5.92 Å². The Kier molecular flexibility index (Phi) is 10.4. The van der Waals surface area contributed by atoms with Gasteiger partial charge in [0, 0.05) is 11.7 Å². The SMILES string of the molecule is C[C@H](NC(=O)[C@H](Cc1ccc(-c2ccccc2)cc1)CP(=O)(O)[C@@H]([NH3+])c1ccccc1)C(=O)O.[Br-]. The van der Waals surface area contributed by atoms with Crippen LogP contribution in [0.3, 0.4) is 0 Å². The number of hydrogen-bond acceptors (Lipinski definition) is 3. The minimum absolute atomic E-state index is 0. The van der Waals surface area contributed by atoms with Crippen LogP contribution in [-0.2, 0) is 20.6 Å². The average Bonchev–Trinajstić information content (AvgIpc) is 2.84. The highest BCUT2D eigenvalue weighted by molar-refractivity contribution is 7.58. The van der Waals surface area contributed by atoms with Crippen molar-refractivity contribution < 1.29 is 46.9 Å². The summed E-state index contributed by atoms with van der Waals surface area (Å²) >= 11 is 0. The molecule has 186 valence electrons. The van der Waals surface area contributed by atoms with Gasteiger partial charge in [-0.3, -0.25) is 14.2 Å². The first-order chi connectivity index (χ1) is 16.2. The summed E-state index contributed by atoms with van der Waals surface area (Å²) in [4.78, 5) is 35.1. The lowest BCUT2D eigenvalue weighted by atomic mass is 9.97. The first-order valence-electron chi connectivity index (χ1n) is 11.0. The fourth-order valence-corrected chi connectivity index (χ4v) is 5.55. The summed E-state index contributed by atoms with van der Waals surface area (Å²) in [6.07, 6.45) is -0.117. The summed E-state index contributed by atoms with van der Waals surface area (Å²) in [7, 11) is -3.90. The number of carbonyl (C=O) groups is 2. The highest BCUT2D eigenvalue weighted by atomic mass is 79.9. The molecule has 0 bridgehead atoms. The molecule has 0 saturated carbocycles. The van der Waals surface area contributed by atoms with Gasteiger partial charge in [0.25, 0.3) is 7.37 Å². The third kappa shape index (κ3) is 7.87. The van der Waals surface area contributed by atoms with Gasteiger partial charge < -0.3 is 38.0 Å². The van der Waals surface area contributed by atoms with Gasteiger partial charge in [-0.1, -0.05) is 84.9 Å². The Morgan fingerprint density at radius 2 is 1.43 bits per heavy atom. The van der Waals surface area contributed by atoms with Gasteiger partial charge in [0.2, 0.25) is 5.91 Å². The van der Waals surface area contributed by atoms with Crippen LogP contribution in [0.2, 0.25) is 0 Å². The van der Waals surface area contributed by atoms with Crippen LogP contribution in [-0.4, -0.2) is 34.1 Å². The summed E-state index contributed by atoms with van der Waals surface area (Å²) in [6, 6.07) is 25.2. The lowest BCUT2D eigenvalue weighted by Crippen LogP contribution is -3.00. The van der Waals surface area contributed by atoms with E-state index in [1.165, 1.54) is 6.92 Å². The third-order valence-corrected chi connectivity index (χ3v) is 8.03. The van der Waals surface area contributed by atoms with E-state index < -0.39 is 37.0 Å². The molecule has 0 fully saturated rings. The van der Waals surface area contributed by atoms with Gasteiger partial charge in [-0.25, -0.2) is 0 Å². The first-order valence-corrected chi connectivity index (χ1v) is 13.0. The van der Waals surface area contributed by atoms with Crippen molar-refractivity contribution in [3.63, 3.8) is 0 Å². The lowest BCUT2D eigenvalue weighted by Gasteiger charge is -2.23. The first kappa shape index (κ1) is 28.5. The Bertz CT molecular complexity index is 1160. The van der Waals surface area contributed by atoms with Crippen molar-refractivity contribution in [2.75, 3.05) is 6.16 Å². The van der Waals surface area contributed by atoms with Gasteiger partial charge in [0.1, 0.15) is 6.04 Å². The number of amides is 1. The molecule has 0 spiro atoms. The van der Waals surface area contributed by atoms with Crippen molar-refractivity contribution in [1.29, 1.82) is 0 Å². The zero-order valence-electron chi connectivity index (χ0n) is 19.4. The van der Waals surface area contributed by atoms with Crippen molar-refractivity contribution in [3.8, 4) is 11.1 Å². The number of nitrogens with one attached hydrogen (secondary N) is 1. The van der Waals surface area contributed by atoms with Crippen LogP contribution in [0.5, 0.6) is 0 Å². The van der Waals surface area contributed by atoms with E-state index in [1.54, 1.807) is 30.3 Å². The van der Waals surface area contributed by atoms with E-state index in [9.17, 15) is 24.2 Å². The molecule has 7 nitrogen and oxygen atoms in total. The Balaban J connectivity index is 0.00000432. The van der Waals surface area contributed by atoms with E-state index in [0.717, 1.165) is 16.7 Å². The van der Waals surface area contributed by atoms with Gasteiger partial charge >= 0.3 is 5.97 Å². The van der Waals surface area contributed by atoms with Gasteiger partial charge in [0.05, 0.1) is 5.92 Å². The highest BCUT2D eigenvalue weighted by Crippen LogP contribution is 2.52.